The Morgan fingerprint density at radius 2 is 0.889 bits per heavy atom. The number of hydrogen-bond donors (Lipinski definition) is 0. The van der Waals surface area contributed by atoms with Gasteiger partial charge in [-0.25, -0.2) is 0 Å². The first-order valence-corrected chi connectivity index (χ1v) is 24.7. The minimum atomic E-state index is -0.823. The minimum Gasteiger partial charge on any atom is -0.366 e. The first kappa shape index (κ1) is 47.9. The largest absolute Gasteiger partial charge is 1.00 e. The van der Waals surface area contributed by atoms with Crippen LogP contribution in [0.1, 0.15) is 73.9 Å². The van der Waals surface area contributed by atoms with Crippen molar-refractivity contribution in [3.05, 3.63) is 246 Å². The van der Waals surface area contributed by atoms with Crippen molar-refractivity contribution in [3.63, 3.8) is 0 Å². The average Bonchev–Trinajstić information content (AvgIpc) is 3.69. The molecule has 0 spiro atoms. The molecule has 0 aliphatic heterocycles. The van der Waals surface area contributed by atoms with Gasteiger partial charge in [-0.05, 0) is 106 Å². The van der Waals surface area contributed by atoms with Crippen molar-refractivity contribution < 1.29 is 44.8 Å². The van der Waals surface area contributed by atoms with Crippen molar-refractivity contribution in [1.29, 1.82) is 0 Å². The molecule has 318 valence electrons. The molecule has 4 heteroatoms. The molecule has 0 aromatic heterocycles. The van der Waals surface area contributed by atoms with Crippen LogP contribution in [0.25, 0.3) is 22.3 Å². The maximum atomic E-state index is 7.25. The zero-order chi connectivity index (χ0) is 42.4. The van der Waals surface area contributed by atoms with E-state index in [1.165, 1.54) is 79.2 Å². The molecule has 0 radical (unpaired) electrons. The fraction of sp³-hybridized carbons (Fsp3) is 0.153. The first-order valence-electron chi connectivity index (χ1n) is 21.3. The second-order valence-corrected chi connectivity index (χ2v) is 22.6. The molecule has 63 heavy (non-hydrogen) atoms. The molecule has 0 amide bonds. The summed E-state index contributed by atoms with van der Waals surface area (Å²) in [6.07, 6.45) is 24.1. The average molecular weight is 1130 g/mol. The Kier molecular flexibility index (Phi) is 16.3. The molecule has 1 unspecified atom stereocenters. The van der Waals surface area contributed by atoms with Gasteiger partial charge in [0.25, 0.3) is 0 Å². The van der Waals surface area contributed by atoms with Crippen LogP contribution < -0.4 is 15.9 Å². The van der Waals surface area contributed by atoms with Crippen LogP contribution in [0, 0.1) is 24.7 Å². The summed E-state index contributed by atoms with van der Waals surface area (Å²) in [4.78, 5) is 0. The molecule has 0 nitrogen and oxygen atoms in total. The molecule has 3 aliphatic carbocycles. The Balaban J connectivity index is 0.000000161. The van der Waals surface area contributed by atoms with Crippen molar-refractivity contribution in [1.82, 2.24) is 0 Å². The van der Waals surface area contributed by atoms with Gasteiger partial charge in [-0.3, -0.25) is 11.8 Å². The topological polar surface area (TPSA) is 0 Å². The van der Waals surface area contributed by atoms with Gasteiger partial charge in [0.1, 0.15) is 31.8 Å². The normalized spacial score (nSPS) is 14.4. The van der Waals surface area contributed by atoms with Crippen molar-refractivity contribution in [3.8, 4) is 34.1 Å². The Bertz CT molecular complexity index is 2770. The Hall–Kier alpha value is -4.52. The van der Waals surface area contributed by atoms with E-state index >= 15 is 0 Å². The van der Waals surface area contributed by atoms with E-state index in [1.807, 2.05) is 12.1 Å². The summed E-state index contributed by atoms with van der Waals surface area (Å²) in [5, 5.41) is 6.17. The van der Waals surface area contributed by atoms with Crippen molar-refractivity contribution in [2.75, 3.05) is 5.90 Å². The minimum absolute atomic E-state index is 0. The second-order valence-electron chi connectivity index (χ2n) is 17.0. The van der Waals surface area contributed by atoms with E-state index in [9.17, 15) is 0 Å². The molecular weight excluding hydrogens is 1080 g/mol. The van der Waals surface area contributed by atoms with E-state index in [-0.39, 0.29) is 55.6 Å². The maximum absolute atomic E-state index is 7.25. The molecule has 3 aliphatic rings. The van der Waals surface area contributed by atoms with Crippen LogP contribution in [0.5, 0.6) is 0 Å². The van der Waals surface area contributed by atoms with E-state index in [0.29, 0.717) is 0 Å². The zero-order valence-electron chi connectivity index (χ0n) is 36.2. The first-order chi connectivity index (χ1) is 29.7. The number of hydrogen-bond acceptors (Lipinski definition) is 0. The fourth-order valence-electron chi connectivity index (χ4n) is 9.25. The van der Waals surface area contributed by atoms with Crippen molar-refractivity contribution in [2.45, 2.75) is 51.4 Å². The van der Waals surface area contributed by atoms with Crippen LogP contribution >= 0.6 is 15.8 Å². The predicted octanol–water partition coefficient (Wildman–Crippen LogP) is 13.4. The molecular formula is C59H52AgAuP2+2. The van der Waals surface area contributed by atoms with Gasteiger partial charge in [0.15, 0.2) is 5.90 Å². The quantitative estimate of drug-likeness (QED) is 0.0674. The van der Waals surface area contributed by atoms with Crippen molar-refractivity contribution in [2.24, 2.45) is 0 Å². The van der Waals surface area contributed by atoms with E-state index in [0.717, 1.165) is 11.1 Å². The van der Waals surface area contributed by atoms with Gasteiger partial charge in [0, 0.05) is 10.8 Å². The third-order valence-electron chi connectivity index (χ3n) is 12.5. The number of fused-ring (bicyclic) bond motifs is 6. The molecule has 0 bridgehead atoms. The van der Waals surface area contributed by atoms with Crippen LogP contribution in [0.4, 0.5) is 0 Å². The Labute approximate surface area is 410 Å². The second kappa shape index (κ2) is 21.4. The van der Waals surface area contributed by atoms with E-state index in [1.54, 1.807) is 5.31 Å². The van der Waals surface area contributed by atoms with Crippen LogP contribution in [0.3, 0.4) is 0 Å². The summed E-state index contributed by atoms with van der Waals surface area (Å²) >= 11 is 0. The molecule has 0 saturated heterocycles. The van der Waals surface area contributed by atoms with Gasteiger partial charge in [0.2, 0.25) is 0 Å². The smallest absolute Gasteiger partial charge is 0.366 e. The molecule has 0 saturated carbocycles. The fourth-order valence-corrected chi connectivity index (χ4v) is 17.1. The van der Waals surface area contributed by atoms with E-state index in [4.69, 9.17) is 12.8 Å². The standard InChI is InChI=1S/C25H24P2.2C17H13.Ag.Au/c1-5-13-22(14-6-1)26(23-15-7-2-8-16-23)21-27(24-17-9-3-10-18-24)25-19-11-4-12-20-25;1-4-12-9-10-16-14(11-12)13-7-5-6-8-15(13)17(16,2)3;1-4-12-9-10-14-13-7-5-6-8-15(13)17(2,3)16(14)11-12;;/h1-3,5-11,13-20H,4,12,21H2;2*5-11H,2-3H3;;/q;2*-1;2*+1/p+2. The van der Waals surface area contributed by atoms with Crippen LogP contribution in [0.15, 0.2) is 199 Å². The third-order valence-corrected chi connectivity index (χ3v) is 19.5. The third kappa shape index (κ3) is 10.2. The SMILES string of the molecule is C1=CC([PH+](C[PH+](c2ccccc2)c2ccccc2)c2ccccc2)=CCC1.[Ag+].[Au+].[C-]#Cc1ccc2c(c1)-c1ccccc1C2(C)C.[C-]#Cc1ccc2c(c1)C(C)(C)c1ccccc1-2. The Morgan fingerprint density at radius 1 is 0.460 bits per heavy atom. The molecule has 0 fully saturated rings. The summed E-state index contributed by atoms with van der Waals surface area (Å²) in [6.45, 7) is 8.99. The van der Waals surface area contributed by atoms with Gasteiger partial charge in [-0.1, -0.05) is 149 Å². The van der Waals surface area contributed by atoms with E-state index in [2.05, 4.69) is 222 Å². The van der Waals surface area contributed by atoms with Crippen LogP contribution in [0.2, 0.25) is 0 Å². The van der Waals surface area contributed by atoms with Crippen LogP contribution in [-0.2, 0) is 55.6 Å². The summed E-state index contributed by atoms with van der Waals surface area (Å²) in [5.74, 6) is 6.22. The molecule has 0 heterocycles. The van der Waals surface area contributed by atoms with Gasteiger partial charge in [-0.2, -0.15) is 0 Å². The zero-order valence-corrected chi connectivity index (χ0v) is 41.8. The molecule has 10 rings (SSSR count). The molecule has 7 aromatic carbocycles. The Morgan fingerprint density at radius 3 is 1.41 bits per heavy atom. The summed E-state index contributed by atoms with van der Waals surface area (Å²) in [6, 6.07) is 63.0. The predicted molar refractivity (Wildman–Crippen MR) is 267 cm³/mol. The van der Waals surface area contributed by atoms with Gasteiger partial charge in [-0.15, -0.1) is 35.4 Å². The maximum Gasteiger partial charge on any atom is 1.00 e. The molecule has 1 atom stereocenters. The summed E-state index contributed by atoms with van der Waals surface area (Å²) in [5.41, 5.74) is 12.3. The van der Waals surface area contributed by atoms with Crippen molar-refractivity contribution >= 4 is 31.8 Å². The van der Waals surface area contributed by atoms with Gasteiger partial charge >= 0.3 is 44.8 Å². The van der Waals surface area contributed by atoms with E-state index < -0.39 is 15.8 Å². The van der Waals surface area contributed by atoms with Gasteiger partial charge in [0.05, 0.1) is 5.31 Å². The number of allylic oxidation sites excluding steroid dienone is 4. The monoisotopic (exact) mass is 1130 g/mol. The van der Waals surface area contributed by atoms with Gasteiger partial charge < -0.3 is 12.8 Å². The molecule has 7 aromatic rings. The summed E-state index contributed by atoms with van der Waals surface area (Å²) < 4.78 is 0. The summed E-state index contributed by atoms with van der Waals surface area (Å²) in [7, 11) is -1.62. The van der Waals surface area contributed by atoms with Crippen LogP contribution in [-0.4, -0.2) is 5.90 Å². The number of rotatable bonds is 6. The molecule has 0 N–H and O–H groups in total. The number of benzene rings is 7.